The van der Waals surface area contributed by atoms with Crippen LogP contribution in [-0.4, -0.2) is 28.5 Å². The number of amides is 1. The summed E-state index contributed by atoms with van der Waals surface area (Å²) >= 11 is 1.90. The normalized spacial score (nSPS) is 13.3. The number of carbonyl (C=O) groups is 2. The molecule has 21 heavy (non-hydrogen) atoms. The van der Waals surface area contributed by atoms with Gasteiger partial charge in [0.15, 0.2) is 0 Å². The standard InChI is InChI=1S/C13H15IN2O5/c1-3-13(2,12(18)19)7-15-11(17)9-6-8(16(20)21)4-5-10(9)14/h4-6H,3,7H2,1-2H3,(H,15,17)(H,18,19). The van der Waals surface area contributed by atoms with Crippen molar-refractivity contribution in [2.24, 2.45) is 5.41 Å². The van der Waals surface area contributed by atoms with E-state index in [0.29, 0.717) is 9.99 Å². The lowest BCUT2D eigenvalue weighted by Gasteiger charge is -2.23. The van der Waals surface area contributed by atoms with Crippen molar-refractivity contribution >= 4 is 40.2 Å². The van der Waals surface area contributed by atoms with Crippen LogP contribution in [-0.2, 0) is 4.79 Å². The molecule has 0 aliphatic heterocycles. The summed E-state index contributed by atoms with van der Waals surface area (Å²) in [5.74, 6) is -1.52. The fourth-order valence-electron chi connectivity index (χ4n) is 1.52. The third-order valence-corrected chi connectivity index (χ3v) is 4.28. The molecule has 0 saturated carbocycles. The molecule has 0 aliphatic rings. The van der Waals surface area contributed by atoms with Crippen LogP contribution in [0, 0.1) is 19.1 Å². The average Bonchev–Trinajstić information content (AvgIpc) is 2.44. The number of nitro groups is 1. The van der Waals surface area contributed by atoms with Crippen molar-refractivity contribution in [3.8, 4) is 0 Å². The number of hydrogen-bond acceptors (Lipinski definition) is 4. The lowest BCUT2D eigenvalue weighted by atomic mass is 9.87. The largest absolute Gasteiger partial charge is 0.481 e. The van der Waals surface area contributed by atoms with Gasteiger partial charge in [-0.3, -0.25) is 19.7 Å². The maximum atomic E-state index is 12.1. The number of benzene rings is 1. The number of halogens is 1. The van der Waals surface area contributed by atoms with E-state index in [1.54, 1.807) is 6.92 Å². The number of nitrogens with zero attached hydrogens (tertiary/aromatic N) is 1. The minimum Gasteiger partial charge on any atom is -0.481 e. The zero-order chi connectivity index (χ0) is 16.2. The second-order valence-electron chi connectivity index (χ2n) is 4.82. The molecule has 0 radical (unpaired) electrons. The van der Waals surface area contributed by atoms with Gasteiger partial charge in [0.05, 0.1) is 15.9 Å². The summed E-state index contributed by atoms with van der Waals surface area (Å²) in [4.78, 5) is 33.4. The van der Waals surface area contributed by atoms with Gasteiger partial charge in [0.2, 0.25) is 0 Å². The van der Waals surface area contributed by atoms with E-state index in [-0.39, 0.29) is 17.8 Å². The predicted molar refractivity (Wildman–Crippen MR) is 84.2 cm³/mol. The van der Waals surface area contributed by atoms with Gasteiger partial charge in [-0.05, 0) is 42.0 Å². The molecule has 0 aromatic heterocycles. The van der Waals surface area contributed by atoms with Crippen LogP contribution in [0.15, 0.2) is 18.2 Å². The summed E-state index contributed by atoms with van der Waals surface area (Å²) in [6.45, 7) is 3.21. The summed E-state index contributed by atoms with van der Waals surface area (Å²) in [5.41, 5.74) is -1.09. The first kappa shape index (κ1) is 17.3. The lowest BCUT2D eigenvalue weighted by Crippen LogP contribution is -2.40. The quantitative estimate of drug-likeness (QED) is 0.429. The van der Waals surface area contributed by atoms with Crippen LogP contribution >= 0.6 is 22.6 Å². The first-order valence-electron chi connectivity index (χ1n) is 6.17. The number of carbonyl (C=O) groups excluding carboxylic acids is 1. The van der Waals surface area contributed by atoms with E-state index in [2.05, 4.69) is 5.32 Å². The van der Waals surface area contributed by atoms with E-state index in [1.165, 1.54) is 25.1 Å². The van der Waals surface area contributed by atoms with Crippen LogP contribution in [0.3, 0.4) is 0 Å². The molecule has 0 aliphatic carbocycles. The fraction of sp³-hybridized carbons (Fsp3) is 0.385. The molecule has 1 amide bonds. The molecular formula is C13H15IN2O5. The zero-order valence-electron chi connectivity index (χ0n) is 11.6. The Kier molecular flexibility index (Phi) is 5.64. The molecule has 1 aromatic rings. The van der Waals surface area contributed by atoms with Crippen LogP contribution in [0.25, 0.3) is 0 Å². The number of nitrogens with one attached hydrogen (secondary N) is 1. The lowest BCUT2D eigenvalue weighted by molar-refractivity contribution is -0.384. The molecule has 8 heteroatoms. The van der Waals surface area contributed by atoms with Crippen molar-refractivity contribution in [1.82, 2.24) is 5.32 Å². The maximum Gasteiger partial charge on any atom is 0.311 e. The number of carboxylic acids is 1. The summed E-state index contributed by atoms with van der Waals surface area (Å²) < 4.78 is 0.559. The number of carboxylic acid groups (broad SMARTS) is 1. The number of aliphatic carboxylic acids is 1. The average molecular weight is 406 g/mol. The van der Waals surface area contributed by atoms with Crippen molar-refractivity contribution < 1.29 is 19.6 Å². The minimum atomic E-state index is -1.07. The van der Waals surface area contributed by atoms with Gasteiger partial charge in [0.25, 0.3) is 11.6 Å². The van der Waals surface area contributed by atoms with Crippen LogP contribution in [0.5, 0.6) is 0 Å². The Hall–Kier alpha value is -1.71. The summed E-state index contributed by atoms with van der Waals surface area (Å²) in [5, 5.41) is 22.4. The molecular weight excluding hydrogens is 391 g/mol. The Bertz CT molecular complexity index is 590. The third kappa shape index (κ3) is 4.13. The maximum absolute atomic E-state index is 12.1. The summed E-state index contributed by atoms with van der Waals surface area (Å²) in [6.07, 6.45) is 0.356. The first-order valence-corrected chi connectivity index (χ1v) is 7.24. The number of nitro benzene ring substituents is 1. The van der Waals surface area contributed by atoms with Crippen molar-refractivity contribution in [2.45, 2.75) is 20.3 Å². The molecule has 2 N–H and O–H groups in total. The molecule has 7 nitrogen and oxygen atoms in total. The number of hydrogen-bond donors (Lipinski definition) is 2. The third-order valence-electron chi connectivity index (χ3n) is 3.34. The highest BCUT2D eigenvalue weighted by atomic mass is 127. The molecule has 0 spiro atoms. The SMILES string of the molecule is CCC(C)(CNC(=O)c1cc([N+](=O)[O-])ccc1I)C(=O)O. The second-order valence-corrected chi connectivity index (χ2v) is 5.99. The molecule has 0 fully saturated rings. The van der Waals surface area contributed by atoms with E-state index < -0.39 is 22.2 Å². The summed E-state index contributed by atoms with van der Waals surface area (Å²) in [6, 6.07) is 3.97. The number of rotatable bonds is 6. The fourth-order valence-corrected chi connectivity index (χ4v) is 2.10. The van der Waals surface area contributed by atoms with Crippen LogP contribution < -0.4 is 5.32 Å². The smallest absolute Gasteiger partial charge is 0.311 e. The van der Waals surface area contributed by atoms with E-state index in [9.17, 15) is 19.7 Å². The van der Waals surface area contributed by atoms with Gasteiger partial charge in [0, 0.05) is 22.2 Å². The highest BCUT2D eigenvalue weighted by Crippen LogP contribution is 2.22. The first-order chi connectivity index (χ1) is 9.71. The van der Waals surface area contributed by atoms with Gasteiger partial charge < -0.3 is 10.4 Å². The molecule has 1 rings (SSSR count). The summed E-state index contributed by atoms with van der Waals surface area (Å²) in [7, 11) is 0. The topological polar surface area (TPSA) is 110 Å². The minimum absolute atomic E-state index is 0.0452. The number of non-ortho nitro benzene ring substituents is 1. The molecule has 114 valence electrons. The second kappa shape index (κ2) is 6.83. The van der Waals surface area contributed by atoms with Crippen LogP contribution in [0.4, 0.5) is 5.69 Å². The Morgan fingerprint density at radius 1 is 1.48 bits per heavy atom. The van der Waals surface area contributed by atoms with Gasteiger partial charge >= 0.3 is 5.97 Å². The van der Waals surface area contributed by atoms with Crippen LogP contribution in [0.1, 0.15) is 30.6 Å². The molecule has 0 heterocycles. The van der Waals surface area contributed by atoms with Gasteiger partial charge in [-0.15, -0.1) is 0 Å². The van der Waals surface area contributed by atoms with E-state index in [4.69, 9.17) is 5.11 Å². The van der Waals surface area contributed by atoms with E-state index in [0.717, 1.165) is 0 Å². The highest BCUT2D eigenvalue weighted by molar-refractivity contribution is 14.1. The Morgan fingerprint density at radius 3 is 2.57 bits per heavy atom. The Balaban J connectivity index is 2.92. The monoisotopic (exact) mass is 406 g/mol. The Labute approximate surface area is 135 Å². The molecule has 0 bridgehead atoms. The predicted octanol–water partition coefficient (Wildman–Crippen LogP) is 2.43. The van der Waals surface area contributed by atoms with E-state index in [1.807, 2.05) is 22.6 Å². The van der Waals surface area contributed by atoms with Gasteiger partial charge in [0.1, 0.15) is 0 Å². The van der Waals surface area contributed by atoms with Crippen LogP contribution in [0.2, 0.25) is 0 Å². The molecule has 1 aromatic carbocycles. The van der Waals surface area contributed by atoms with Gasteiger partial charge in [-0.2, -0.15) is 0 Å². The molecule has 1 unspecified atom stereocenters. The van der Waals surface area contributed by atoms with Crippen molar-refractivity contribution in [3.05, 3.63) is 37.4 Å². The zero-order valence-corrected chi connectivity index (χ0v) is 13.7. The molecule has 0 saturated heterocycles. The van der Waals surface area contributed by atoms with Gasteiger partial charge in [-0.1, -0.05) is 6.92 Å². The molecule has 1 atom stereocenters. The van der Waals surface area contributed by atoms with Gasteiger partial charge in [-0.25, -0.2) is 0 Å². The van der Waals surface area contributed by atoms with E-state index >= 15 is 0 Å². The van der Waals surface area contributed by atoms with Crippen molar-refractivity contribution in [2.75, 3.05) is 6.54 Å². The Morgan fingerprint density at radius 2 is 2.10 bits per heavy atom. The van der Waals surface area contributed by atoms with Crippen molar-refractivity contribution in [3.63, 3.8) is 0 Å². The van der Waals surface area contributed by atoms with Crippen molar-refractivity contribution in [1.29, 1.82) is 0 Å². The highest BCUT2D eigenvalue weighted by Gasteiger charge is 2.31.